The Morgan fingerprint density at radius 1 is 1.14 bits per heavy atom. The van der Waals surface area contributed by atoms with Crippen molar-refractivity contribution in [3.05, 3.63) is 30.1 Å². The van der Waals surface area contributed by atoms with Gasteiger partial charge in [0.05, 0.1) is 5.52 Å². The highest BCUT2D eigenvalue weighted by atomic mass is 16.1. The molecule has 1 saturated carbocycles. The van der Waals surface area contributed by atoms with E-state index in [2.05, 4.69) is 22.2 Å². The lowest BCUT2D eigenvalue weighted by Gasteiger charge is -2.26. The molecule has 5 nitrogen and oxygen atoms in total. The van der Waals surface area contributed by atoms with Crippen LogP contribution in [0.2, 0.25) is 0 Å². The fraction of sp³-hybridized carbons (Fsp3) is 0.609. The first-order valence-electron chi connectivity index (χ1n) is 10.5. The van der Waals surface area contributed by atoms with Gasteiger partial charge in [0, 0.05) is 31.9 Å². The van der Waals surface area contributed by atoms with Crippen molar-refractivity contribution in [1.82, 2.24) is 15.3 Å². The van der Waals surface area contributed by atoms with E-state index < -0.39 is 0 Å². The maximum Gasteiger partial charge on any atom is 0.222 e. The molecule has 5 heteroatoms. The second-order valence-corrected chi connectivity index (χ2v) is 8.53. The van der Waals surface area contributed by atoms with Crippen LogP contribution < -0.4 is 10.2 Å². The summed E-state index contributed by atoms with van der Waals surface area (Å²) >= 11 is 0. The van der Waals surface area contributed by atoms with Gasteiger partial charge in [-0.15, -0.1) is 0 Å². The van der Waals surface area contributed by atoms with Crippen LogP contribution in [0.15, 0.2) is 24.3 Å². The second-order valence-electron chi connectivity index (χ2n) is 8.53. The van der Waals surface area contributed by atoms with Gasteiger partial charge in [-0.05, 0) is 43.7 Å². The Kier molecular flexibility index (Phi) is 8.21. The van der Waals surface area contributed by atoms with Crippen LogP contribution in [0.25, 0.3) is 10.9 Å². The number of fused-ring (bicyclic) bond motifs is 1. The van der Waals surface area contributed by atoms with Gasteiger partial charge in [0.1, 0.15) is 11.6 Å². The number of para-hydroxylation sites is 1. The van der Waals surface area contributed by atoms with Gasteiger partial charge in [-0.3, -0.25) is 4.79 Å². The van der Waals surface area contributed by atoms with Crippen molar-refractivity contribution in [3.8, 4) is 0 Å². The maximum atomic E-state index is 11.3. The lowest BCUT2D eigenvalue weighted by atomic mass is 9.83. The number of carbonyl (C=O) groups excluding carboxylic acids is 1. The van der Waals surface area contributed by atoms with Gasteiger partial charge in [-0.25, -0.2) is 9.97 Å². The minimum Gasteiger partial charge on any atom is -0.362 e. The highest BCUT2D eigenvalue weighted by Gasteiger charge is 2.18. The van der Waals surface area contributed by atoms with Crippen molar-refractivity contribution in [2.24, 2.45) is 17.8 Å². The molecule has 1 aliphatic rings. The van der Waals surface area contributed by atoms with Gasteiger partial charge in [-0.1, -0.05) is 45.7 Å². The summed E-state index contributed by atoms with van der Waals surface area (Å²) in [7, 11) is 3.99. The number of amides is 1. The molecule has 0 saturated heterocycles. The molecule has 1 aliphatic carbocycles. The summed E-state index contributed by atoms with van der Waals surface area (Å²) < 4.78 is 0. The molecule has 3 rings (SSSR count). The number of carbonyl (C=O) groups is 1. The summed E-state index contributed by atoms with van der Waals surface area (Å²) in [4.78, 5) is 22.1. The quantitative estimate of drug-likeness (QED) is 0.838. The van der Waals surface area contributed by atoms with Crippen molar-refractivity contribution in [2.75, 3.05) is 25.5 Å². The van der Waals surface area contributed by atoms with Gasteiger partial charge in [0.15, 0.2) is 0 Å². The number of hydrogen-bond acceptors (Lipinski definition) is 4. The molecule has 1 N–H and O–H groups in total. The molecule has 1 fully saturated rings. The molecule has 1 amide bonds. The third-order valence-corrected chi connectivity index (χ3v) is 5.34. The summed E-state index contributed by atoms with van der Waals surface area (Å²) in [5, 5.41) is 4.13. The Morgan fingerprint density at radius 3 is 2.39 bits per heavy atom. The van der Waals surface area contributed by atoms with Crippen LogP contribution in [0.4, 0.5) is 5.82 Å². The van der Waals surface area contributed by atoms with Crippen molar-refractivity contribution in [2.45, 2.75) is 53.4 Å². The second kappa shape index (κ2) is 10.4. The molecule has 0 radical (unpaired) electrons. The SMILES string of the molecule is CC1CCC(CNC(=O)C(C)C)CC1.Cc1nc(N(C)C)c2ccccc2n1. The van der Waals surface area contributed by atoms with Gasteiger partial charge in [-0.2, -0.15) is 0 Å². The molecule has 1 aromatic heterocycles. The first-order valence-corrected chi connectivity index (χ1v) is 10.5. The van der Waals surface area contributed by atoms with Crippen molar-refractivity contribution in [1.29, 1.82) is 0 Å². The van der Waals surface area contributed by atoms with Crippen molar-refractivity contribution >= 4 is 22.6 Å². The number of anilines is 1. The number of aryl methyl sites for hydroxylation is 1. The van der Waals surface area contributed by atoms with Gasteiger partial charge in [0.2, 0.25) is 5.91 Å². The lowest BCUT2D eigenvalue weighted by molar-refractivity contribution is -0.124. The van der Waals surface area contributed by atoms with Crippen LogP contribution in [-0.4, -0.2) is 36.5 Å². The third-order valence-electron chi connectivity index (χ3n) is 5.34. The largest absolute Gasteiger partial charge is 0.362 e. The van der Waals surface area contributed by atoms with E-state index in [1.165, 1.54) is 25.7 Å². The molecule has 0 atom stereocenters. The Labute approximate surface area is 169 Å². The van der Waals surface area contributed by atoms with Crippen LogP contribution in [0.3, 0.4) is 0 Å². The molecule has 0 aliphatic heterocycles. The Bertz CT molecular complexity index is 764. The number of aromatic nitrogens is 2. The fourth-order valence-electron chi connectivity index (χ4n) is 3.50. The summed E-state index contributed by atoms with van der Waals surface area (Å²) in [6.07, 6.45) is 5.25. The molecule has 2 aromatic rings. The smallest absolute Gasteiger partial charge is 0.222 e. The highest BCUT2D eigenvalue weighted by Crippen LogP contribution is 2.27. The van der Waals surface area contributed by atoms with Crippen LogP contribution in [0.1, 0.15) is 52.3 Å². The van der Waals surface area contributed by atoms with E-state index in [1.54, 1.807) is 0 Å². The number of hydrogen-bond donors (Lipinski definition) is 1. The summed E-state index contributed by atoms with van der Waals surface area (Å²) in [6, 6.07) is 8.06. The molecule has 28 heavy (non-hydrogen) atoms. The minimum atomic E-state index is 0.123. The van der Waals surface area contributed by atoms with Crippen LogP contribution in [-0.2, 0) is 4.79 Å². The molecule has 1 aromatic carbocycles. The number of nitrogens with zero attached hydrogens (tertiary/aromatic N) is 3. The lowest BCUT2D eigenvalue weighted by Crippen LogP contribution is -2.33. The van der Waals surface area contributed by atoms with Gasteiger partial charge in [0.25, 0.3) is 0 Å². The third kappa shape index (κ3) is 6.47. The summed E-state index contributed by atoms with van der Waals surface area (Å²) in [5.74, 6) is 3.74. The molecule has 0 bridgehead atoms. The zero-order chi connectivity index (χ0) is 20.7. The van der Waals surface area contributed by atoms with E-state index in [0.717, 1.165) is 40.9 Å². The van der Waals surface area contributed by atoms with E-state index in [-0.39, 0.29) is 11.8 Å². The van der Waals surface area contributed by atoms with Crippen LogP contribution in [0, 0.1) is 24.7 Å². The van der Waals surface area contributed by atoms with Gasteiger partial charge < -0.3 is 10.2 Å². The monoisotopic (exact) mass is 384 g/mol. The van der Waals surface area contributed by atoms with E-state index >= 15 is 0 Å². The molecular weight excluding hydrogens is 348 g/mol. The molecule has 1 heterocycles. The standard InChI is InChI=1S/C12H23NO.C11H13N3/c1-9(2)12(14)13-8-11-6-4-10(3)5-7-11;1-8-12-10-7-5-4-6-9(10)11(13-8)14(2)3/h9-11H,4-8H2,1-3H3,(H,13,14);4-7H,1-3H3. The number of rotatable bonds is 4. The van der Waals surface area contributed by atoms with Gasteiger partial charge >= 0.3 is 0 Å². The highest BCUT2D eigenvalue weighted by molar-refractivity contribution is 5.89. The molecular formula is C23H36N4O. The zero-order valence-electron chi connectivity index (χ0n) is 18.3. The van der Waals surface area contributed by atoms with Crippen molar-refractivity contribution < 1.29 is 4.79 Å². The first kappa shape index (κ1) is 22.1. The predicted octanol–water partition coefficient (Wildman–Crippen LogP) is 4.59. The van der Waals surface area contributed by atoms with E-state index in [0.29, 0.717) is 0 Å². The first-order chi connectivity index (χ1) is 13.3. The van der Waals surface area contributed by atoms with Crippen LogP contribution >= 0.6 is 0 Å². The van der Waals surface area contributed by atoms with E-state index in [9.17, 15) is 4.79 Å². The average Bonchev–Trinajstić information content (AvgIpc) is 2.67. The van der Waals surface area contributed by atoms with Crippen molar-refractivity contribution in [3.63, 3.8) is 0 Å². The topological polar surface area (TPSA) is 58.1 Å². The molecule has 0 unspecified atom stereocenters. The van der Waals surface area contributed by atoms with Crippen LogP contribution in [0.5, 0.6) is 0 Å². The molecule has 0 spiro atoms. The van der Waals surface area contributed by atoms with E-state index in [4.69, 9.17) is 0 Å². The normalized spacial score (nSPS) is 19.1. The average molecular weight is 385 g/mol. The zero-order valence-corrected chi connectivity index (χ0v) is 18.3. The maximum absolute atomic E-state index is 11.3. The van der Waals surface area contributed by atoms with E-state index in [1.807, 2.05) is 64.0 Å². The number of nitrogens with one attached hydrogen (secondary N) is 1. The Balaban J connectivity index is 0.000000200. The Hall–Kier alpha value is -2.17. The Morgan fingerprint density at radius 2 is 1.79 bits per heavy atom. The summed E-state index contributed by atoms with van der Waals surface area (Å²) in [6.45, 7) is 9.02. The summed E-state index contributed by atoms with van der Waals surface area (Å²) in [5.41, 5.74) is 1.00. The number of benzene rings is 1. The predicted molar refractivity (Wildman–Crippen MR) is 118 cm³/mol. The minimum absolute atomic E-state index is 0.123. The molecule has 154 valence electrons. The fourth-order valence-corrected chi connectivity index (χ4v) is 3.50.